The molecule has 0 amide bonds. The summed E-state index contributed by atoms with van der Waals surface area (Å²) >= 11 is 9.08. The van der Waals surface area contributed by atoms with E-state index in [-0.39, 0.29) is 0 Å². The van der Waals surface area contributed by atoms with Crippen LogP contribution < -0.4 is 10.6 Å². The summed E-state index contributed by atoms with van der Waals surface area (Å²) < 4.78 is 5.14. The van der Waals surface area contributed by atoms with E-state index < -0.39 is 0 Å². The Morgan fingerprint density at radius 1 is 1.50 bits per heavy atom. The Morgan fingerprint density at radius 3 is 2.89 bits per heavy atom. The summed E-state index contributed by atoms with van der Waals surface area (Å²) in [7, 11) is 2.09. The highest BCUT2D eigenvalue weighted by Crippen LogP contribution is 2.48. The number of nitrogens with two attached hydrogens (primary N) is 1. The smallest absolute Gasteiger partial charge is 0.142 e. The van der Waals surface area contributed by atoms with Crippen LogP contribution in [-0.4, -0.2) is 11.4 Å². The molecule has 2 N–H and O–H groups in total. The van der Waals surface area contributed by atoms with Crippen molar-refractivity contribution in [2.24, 2.45) is 0 Å². The average molecular weight is 300 g/mol. The fraction of sp³-hybridized carbons (Fsp3) is 0.417. The van der Waals surface area contributed by atoms with Gasteiger partial charge in [-0.3, -0.25) is 0 Å². The number of rotatable bonds is 4. The molecule has 1 saturated carbocycles. The van der Waals surface area contributed by atoms with E-state index in [1.165, 1.54) is 39.8 Å². The average Bonchev–Trinajstić information content (AvgIpc) is 2.97. The van der Waals surface area contributed by atoms with Gasteiger partial charge in [0, 0.05) is 17.5 Å². The van der Waals surface area contributed by atoms with Crippen molar-refractivity contribution in [2.45, 2.75) is 25.3 Å². The monoisotopic (exact) mass is 299 g/mol. The maximum absolute atomic E-state index is 5.97. The summed E-state index contributed by atoms with van der Waals surface area (Å²) in [6.07, 6.45) is 2.49. The van der Waals surface area contributed by atoms with Crippen molar-refractivity contribution in [2.75, 3.05) is 17.7 Å². The SMILES string of the molecule is CN(Cc1ccc(Cl)s1)c1snc(N)c1C1CC1. The second-order valence-corrected chi connectivity index (χ2v) is 7.17. The van der Waals surface area contributed by atoms with Crippen LogP contribution in [-0.2, 0) is 6.54 Å². The van der Waals surface area contributed by atoms with Gasteiger partial charge in [0.1, 0.15) is 10.8 Å². The summed E-state index contributed by atoms with van der Waals surface area (Å²) in [5, 5.41) is 1.21. The lowest BCUT2D eigenvalue weighted by atomic mass is 10.2. The quantitative estimate of drug-likeness (QED) is 0.929. The Balaban J connectivity index is 1.81. The van der Waals surface area contributed by atoms with Gasteiger partial charge in [-0.15, -0.1) is 11.3 Å². The van der Waals surface area contributed by atoms with Crippen molar-refractivity contribution in [1.29, 1.82) is 0 Å². The van der Waals surface area contributed by atoms with Crippen LogP contribution >= 0.6 is 34.5 Å². The fourth-order valence-electron chi connectivity index (χ4n) is 2.07. The zero-order valence-corrected chi connectivity index (χ0v) is 12.4. The second-order valence-electron chi connectivity index (χ2n) is 4.62. The molecular weight excluding hydrogens is 286 g/mol. The van der Waals surface area contributed by atoms with E-state index in [4.69, 9.17) is 17.3 Å². The first-order valence-corrected chi connectivity index (χ1v) is 7.82. The van der Waals surface area contributed by atoms with E-state index in [2.05, 4.69) is 22.4 Å². The van der Waals surface area contributed by atoms with Crippen molar-refractivity contribution in [1.82, 2.24) is 4.37 Å². The summed E-state index contributed by atoms with van der Waals surface area (Å²) in [6.45, 7) is 0.860. The molecule has 0 aromatic carbocycles. The van der Waals surface area contributed by atoms with Crippen LogP contribution in [0.3, 0.4) is 0 Å². The summed E-state index contributed by atoms with van der Waals surface area (Å²) in [5.74, 6) is 1.35. The van der Waals surface area contributed by atoms with Crippen LogP contribution in [0.25, 0.3) is 0 Å². The lowest BCUT2D eigenvalue weighted by molar-refractivity contribution is 0.938. The first kappa shape index (κ1) is 12.3. The molecule has 1 aliphatic rings. The maximum atomic E-state index is 5.97. The Bertz CT molecular complexity index is 559. The molecule has 0 bridgehead atoms. The Morgan fingerprint density at radius 2 is 2.28 bits per heavy atom. The number of halogens is 1. The third kappa shape index (κ3) is 2.35. The number of hydrogen-bond donors (Lipinski definition) is 1. The lowest BCUT2D eigenvalue weighted by Gasteiger charge is -2.17. The molecule has 0 saturated heterocycles. The lowest BCUT2D eigenvalue weighted by Crippen LogP contribution is -2.15. The molecule has 3 rings (SSSR count). The molecule has 3 nitrogen and oxygen atoms in total. The minimum Gasteiger partial charge on any atom is -0.383 e. The third-order valence-corrected chi connectivity index (χ3v) is 5.30. The van der Waals surface area contributed by atoms with E-state index in [9.17, 15) is 0 Å². The molecule has 2 heterocycles. The highest BCUT2D eigenvalue weighted by Gasteiger charge is 2.31. The van der Waals surface area contributed by atoms with Crippen LogP contribution in [0.1, 0.15) is 29.2 Å². The number of thiophene rings is 1. The molecule has 1 fully saturated rings. The Hall–Kier alpha value is -0.780. The van der Waals surface area contributed by atoms with E-state index in [0.29, 0.717) is 11.7 Å². The van der Waals surface area contributed by atoms with Crippen LogP contribution in [0.4, 0.5) is 10.8 Å². The van der Waals surface area contributed by atoms with Crippen molar-refractivity contribution in [3.05, 3.63) is 26.9 Å². The van der Waals surface area contributed by atoms with Gasteiger partial charge in [0.25, 0.3) is 0 Å². The number of hydrogen-bond acceptors (Lipinski definition) is 5. The van der Waals surface area contributed by atoms with Crippen molar-refractivity contribution < 1.29 is 0 Å². The van der Waals surface area contributed by atoms with Crippen molar-refractivity contribution in [3.8, 4) is 0 Å². The highest BCUT2D eigenvalue weighted by molar-refractivity contribution is 7.16. The van der Waals surface area contributed by atoms with E-state index in [0.717, 1.165) is 10.9 Å². The molecule has 0 aliphatic heterocycles. The molecule has 1 aliphatic carbocycles. The number of anilines is 2. The molecule has 18 heavy (non-hydrogen) atoms. The van der Waals surface area contributed by atoms with Crippen LogP contribution in [0.15, 0.2) is 12.1 Å². The molecule has 0 unspecified atom stereocenters. The van der Waals surface area contributed by atoms with Gasteiger partial charge in [-0.05, 0) is 42.4 Å². The molecule has 6 heteroatoms. The van der Waals surface area contributed by atoms with Crippen molar-refractivity contribution in [3.63, 3.8) is 0 Å². The fourth-order valence-corrected chi connectivity index (χ4v) is 4.07. The van der Waals surface area contributed by atoms with Crippen LogP contribution in [0, 0.1) is 0 Å². The van der Waals surface area contributed by atoms with Gasteiger partial charge in [-0.25, -0.2) is 0 Å². The highest BCUT2D eigenvalue weighted by atomic mass is 35.5. The predicted molar refractivity (Wildman–Crippen MR) is 79.9 cm³/mol. The van der Waals surface area contributed by atoms with E-state index >= 15 is 0 Å². The normalized spacial score (nSPS) is 15.0. The zero-order chi connectivity index (χ0) is 12.7. The standard InChI is InChI=1S/C12H14ClN3S2/c1-16(6-8-4-5-9(13)17-8)12-10(7-2-3-7)11(14)15-18-12/h4-5,7H,2-3,6H2,1H3,(H2,14,15). The first-order chi connectivity index (χ1) is 8.65. The molecule has 0 atom stereocenters. The van der Waals surface area contributed by atoms with Gasteiger partial charge >= 0.3 is 0 Å². The van der Waals surface area contributed by atoms with Gasteiger partial charge in [0.15, 0.2) is 0 Å². The van der Waals surface area contributed by atoms with Gasteiger partial charge < -0.3 is 10.6 Å². The minimum absolute atomic E-state index is 0.633. The van der Waals surface area contributed by atoms with Gasteiger partial charge in [0.05, 0.1) is 10.9 Å². The summed E-state index contributed by atoms with van der Waals surface area (Å²) in [4.78, 5) is 3.49. The number of nitrogens with zero attached hydrogens (tertiary/aromatic N) is 2. The van der Waals surface area contributed by atoms with Gasteiger partial charge in [0.2, 0.25) is 0 Å². The molecule has 0 spiro atoms. The van der Waals surface area contributed by atoms with Gasteiger partial charge in [-0.2, -0.15) is 4.37 Å². The first-order valence-electron chi connectivity index (χ1n) is 5.85. The summed E-state index contributed by atoms with van der Waals surface area (Å²) in [6, 6.07) is 4.02. The van der Waals surface area contributed by atoms with E-state index in [1.54, 1.807) is 11.3 Å². The third-order valence-electron chi connectivity index (χ3n) is 3.09. The Kier molecular flexibility index (Phi) is 3.21. The molecule has 0 radical (unpaired) electrons. The molecule has 96 valence electrons. The van der Waals surface area contributed by atoms with Crippen molar-refractivity contribution >= 4 is 45.3 Å². The molecular formula is C12H14ClN3S2. The molecule has 2 aromatic rings. The van der Waals surface area contributed by atoms with Crippen LogP contribution in [0.5, 0.6) is 0 Å². The maximum Gasteiger partial charge on any atom is 0.142 e. The summed E-state index contributed by atoms with van der Waals surface area (Å²) in [5.41, 5.74) is 7.23. The van der Waals surface area contributed by atoms with Crippen LogP contribution in [0.2, 0.25) is 4.34 Å². The number of aromatic nitrogens is 1. The van der Waals surface area contributed by atoms with E-state index in [1.807, 2.05) is 6.07 Å². The Labute approximate surface area is 119 Å². The predicted octanol–water partition coefficient (Wildman–Crippen LogP) is 3.95. The van der Waals surface area contributed by atoms with Gasteiger partial charge in [-0.1, -0.05) is 11.6 Å². The second kappa shape index (κ2) is 4.72. The topological polar surface area (TPSA) is 42.2 Å². The molecule has 2 aromatic heterocycles. The number of nitrogen functional groups attached to an aromatic ring is 1. The minimum atomic E-state index is 0.633. The largest absolute Gasteiger partial charge is 0.383 e. The zero-order valence-electron chi connectivity index (χ0n) is 10.0.